The highest BCUT2D eigenvalue weighted by atomic mass is 19.4. The predicted molar refractivity (Wildman–Crippen MR) is 150 cm³/mol. The van der Waals surface area contributed by atoms with Crippen LogP contribution in [0.4, 0.5) is 42.2 Å². The molecule has 0 spiro atoms. The Morgan fingerprint density at radius 2 is 1.65 bits per heavy atom. The van der Waals surface area contributed by atoms with Crippen LogP contribution in [0, 0.1) is 11.6 Å². The van der Waals surface area contributed by atoms with E-state index in [1.165, 1.54) is 11.8 Å². The first-order chi connectivity index (χ1) is 21.5. The van der Waals surface area contributed by atoms with Crippen LogP contribution in [0.15, 0.2) is 53.3 Å². The number of methoxy groups -OCH3 is 1. The van der Waals surface area contributed by atoms with Crippen molar-refractivity contribution in [2.75, 3.05) is 30.4 Å². The zero-order valence-corrected chi connectivity index (χ0v) is 24.1. The monoisotopic (exact) mass is 655 g/mol. The topological polar surface area (TPSA) is 111 Å². The van der Waals surface area contributed by atoms with Crippen molar-refractivity contribution in [3.63, 3.8) is 0 Å². The van der Waals surface area contributed by atoms with Crippen LogP contribution in [-0.4, -0.2) is 57.8 Å². The Morgan fingerprint density at radius 1 is 1.04 bits per heavy atom. The molecule has 0 radical (unpaired) electrons. The van der Waals surface area contributed by atoms with Crippen molar-refractivity contribution in [3.05, 3.63) is 81.6 Å². The summed E-state index contributed by atoms with van der Waals surface area (Å²) >= 11 is 0. The average Bonchev–Trinajstić information content (AvgIpc) is 3.18. The summed E-state index contributed by atoms with van der Waals surface area (Å²) in [5.41, 5.74) is -6.47. The normalized spacial score (nSPS) is 14.3. The lowest BCUT2D eigenvalue weighted by Crippen LogP contribution is -2.60. The Balaban J connectivity index is 1.71. The molecule has 3 heterocycles. The summed E-state index contributed by atoms with van der Waals surface area (Å²) < 4.78 is 109. The summed E-state index contributed by atoms with van der Waals surface area (Å²) in [7, 11) is 2.17. The summed E-state index contributed by atoms with van der Waals surface area (Å²) in [4.78, 5) is 32.6. The van der Waals surface area contributed by atoms with Gasteiger partial charge in [0.15, 0.2) is 5.82 Å². The number of aromatic nitrogens is 3. The second-order valence-corrected chi connectivity index (χ2v) is 10.6. The second kappa shape index (κ2) is 11.7. The number of amides is 1. The Kier molecular flexibility index (Phi) is 8.23. The van der Waals surface area contributed by atoms with E-state index < -0.39 is 69.8 Å². The first-order valence-corrected chi connectivity index (χ1v) is 13.3. The molecule has 1 fully saturated rings. The van der Waals surface area contributed by atoms with Crippen molar-refractivity contribution in [3.8, 4) is 28.6 Å². The highest BCUT2D eigenvalue weighted by molar-refractivity contribution is 6.06. The number of halogens is 7. The van der Waals surface area contributed by atoms with Crippen LogP contribution in [0.5, 0.6) is 11.5 Å². The molecule has 0 saturated carbocycles. The Morgan fingerprint density at radius 3 is 2.17 bits per heavy atom. The smallest absolute Gasteiger partial charge is 0.420 e. The number of β-amino-alcohol motifs (C(OH)–C–C–N with tert-alkyl or cyclic N) is 1. The number of anilines is 2. The number of nitrogens with zero attached hydrogens (tertiary/aromatic N) is 4. The van der Waals surface area contributed by atoms with E-state index in [-0.39, 0.29) is 36.0 Å². The number of ether oxygens (including phenoxy) is 2. The fraction of sp³-hybridized carbons (Fsp3) is 0.276. The van der Waals surface area contributed by atoms with Gasteiger partial charge in [0, 0.05) is 37.8 Å². The van der Waals surface area contributed by atoms with Crippen LogP contribution in [0.2, 0.25) is 0 Å². The lowest BCUT2D eigenvalue weighted by molar-refractivity contribution is -0.137. The minimum Gasteiger partial charge on any atom is -0.497 e. The van der Waals surface area contributed by atoms with Gasteiger partial charge < -0.3 is 24.8 Å². The maximum absolute atomic E-state index is 15.4. The highest BCUT2D eigenvalue weighted by Crippen LogP contribution is 2.38. The van der Waals surface area contributed by atoms with Crippen LogP contribution >= 0.6 is 0 Å². The predicted octanol–water partition coefficient (Wildman–Crippen LogP) is 4.97. The maximum Gasteiger partial charge on any atom is 0.420 e. The summed E-state index contributed by atoms with van der Waals surface area (Å²) in [5, 5.41) is 12.3. The van der Waals surface area contributed by atoms with E-state index >= 15 is 8.78 Å². The van der Waals surface area contributed by atoms with Crippen molar-refractivity contribution >= 4 is 17.4 Å². The van der Waals surface area contributed by atoms with Crippen LogP contribution < -0.4 is 25.2 Å². The van der Waals surface area contributed by atoms with E-state index in [2.05, 4.69) is 15.0 Å². The van der Waals surface area contributed by atoms with E-state index in [1.807, 2.05) is 0 Å². The van der Waals surface area contributed by atoms with Gasteiger partial charge in [0.05, 0.1) is 18.3 Å². The molecule has 4 aromatic rings. The maximum atomic E-state index is 15.4. The van der Waals surface area contributed by atoms with Gasteiger partial charge in [-0.05, 0) is 43.3 Å². The van der Waals surface area contributed by atoms with Crippen molar-refractivity contribution in [1.82, 2.24) is 14.3 Å². The minimum atomic E-state index is -5.06. The first-order valence-electron chi connectivity index (χ1n) is 13.3. The standard InChI is InChI=1S/C29H24F7N5O5/c1-28(44)12-40(13-28)20-9-8-17(29(34,35)36)24(37-20)41-26(43)22(38-25(42)14-4-6-15(7-5-14)46-27(32)33)23(39(41)2)21-18(30)10-16(45-3)11-19(21)31/h4-11,27,44H,12-13H2,1-3H3,(H,38,42). The number of benzene rings is 2. The third-order valence-electron chi connectivity index (χ3n) is 7.09. The Labute approximate surface area is 255 Å². The van der Waals surface area contributed by atoms with Crippen LogP contribution in [0.1, 0.15) is 22.8 Å². The van der Waals surface area contributed by atoms with E-state index in [0.29, 0.717) is 15.4 Å². The van der Waals surface area contributed by atoms with Crippen LogP contribution in [0.3, 0.4) is 0 Å². The molecule has 17 heteroatoms. The Hall–Kier alpha value is -5.06. The van der Waals surface area contributed by atoms with Gasteiger partial charge in [-0.3, -0.25) is 14.3 Å². The summed E-state index contributed by atoms with van der Waals surface area (Å²) in [6, 6.07) is 7.39. The number of hydrogen-bond acceptors (Lipinski definition) is 7. The van der Waals surface area contributed by atoms with E-state index in [0.717, 1.165) is 56.6 Å². The molecule has 0 bridgehead atoms. The molecule has 5 rings (SSSR count). The van der Waals surface area contributed by atoms with Gasteiger partial charge in [0.2, 0.25) is 0 Å². The molecule has 1 saturated heterocycles. The second-order valence-electron chi connectivity index (χ2n) is 10.6. The summed E-state index contributed by atoms with van der Waals surface area (Å²) in [6.07, 6.45) is -5.06. The number of rotatable bonds is 8. The van der Waals surface area contributed by atoms with Gasteiger partial charge in [-0.2, -0.15) is 26.6 Å². The Bertz CT molecular complexity index is 1840. The molecular formula is C29H24F7N5O5. The number of alkyl halides is 5. The molecular weight excluding hydrogens is 631 g/mol. The van der Waals surface area contributed by atoms with Crippen molar-refractivity contribution < 1.29 is 50.1 Å². The SMILES string of the molecule is COc1cc(F)c(-c2c(NC(=O)c3ccc(OC(F)F)cc3)c(=O)n(-c3nc(N4CC(C)(O)C4)ccc3C(F)(F)F)n2C)c(F)c1. The molecule has 46 heavy (non-hydrogen) atoms. The molecule has 2 aromatic carbocycles. The molecule has 0 unspecified atom stereocenters. The van der Waals surface area contributed by atoms with Gasteiger partial charge in [-0.25, -0.2) is 13.8 Å². The van der Waals surface area contributed by atoms with Crippen LogP contribution in [-0.2, 0) is 13.2 Å². The minimum absolute atomic E-state index is 0.0167. The summed E-state index contributed by atoms with van der Waals surface area (Å²) in [6.45, 7) is -1.61. The number of hydrogen-bond donors (Lipinski definition) is 2. The molecule has 0 atom stereocenters. The van der Waals surface area contributed by atoms with E-state index in [9.17, 15) is 36.6 Å². The van der Waals surface area contributed by atoms with Crippen LogP contribution in [0.25, 0.3) is 17.1 Å². The number of pyridine rings is 1. The van der Waals surface area contributed by atoms with Crippen molar-refractivity contribution in [2.45, 2.75) is 25.3 Å². The zero-order valence-electron chi connectivity index (χ0n) is 24.1. The van der Waals surface area contributed by atoms with Crippen molar-refractivity contribution in [2.24, 2.45) is 7.05 Å². The number of aliphatic hydroxyl groups is 1. The number of carbonyl (C=O) groups excluding carboxylic acids is 1. The fourth-order valence-electron chi connectivity index (χ4n) is 5.05. The van der Waals surface area contributed by atoms with E-state index in [1.54, 1.807) is 0 Å². The largest absolute Gasteiger partial charge is 0.497 e. The molecule has 244 valence electrons. The quantitative estimate of drug-likeness (QED) is 0.258. The molecule has 0 aliphatic carbocycles. The lowest BCUT2D eigenvalue weighted by atomic mass is 9.97. The third-order valence-corrected chi connectivity index (χ3v) is 7.09. The van der Waals surface area contributed by atoms with Gasteiger partial charge in [-0.1, -0.05) is 0 Å². The number of nitrogens with one attached hydrogen (secondary N) is 1. The van der Waals surface area contributed by atoms with Crippen molar-refractivity contribution in [1.29, 1.82) is 0 Å². The molecule has 1 aliphatic heterocycles. The van der Waals surface area contributed by atoms with Gasteiger partial charge in [0.25, 0.3) is 11.5 Å². The van der Waals surface area contributed by atoms with Gasteiger partial charge in [-0.15, -0.1) is 0 Å². The van der Waals surface area contributed by atoms with Gasteiger partial charge in [0.1, 0.15) is 45.9 Å². The number of carbonyl (C=O) groups is 1. The molecule has 2 N–H and O–H groups in total. The molecule has 2 aromatic heterocycles. The lowest BCUT2D eigenvalue weighted by Gasteiger charge is -2.45. The van der Waals surface area contributed by atoms with Gasteiger partial charge >= 0.3 is 12.8 Å². The molecule has 1 amide bonds. The fourth-order valence-corrected chi connectivity index (χ4v) is 5.05. The van der Waals surface area contributed by atoms with E-state index in [4.69, 9.17) is 4.74 Å². The zero-order chi connectivity index (χ0) is 33.7. The average molecular weight is 656 g/mol. The third kappa shape index (κ3) is 6.09. The molecule has 1 aliphatic rings. The highest BCUT2D eigenvalue weighted by Gasteiger charge is 2.41. The summed E-state index contributed by atoms with van der Waals surface area (Å²) in [5.74, 6) is -5.21. The first kappa shape index (κ1) is 32.3. The molecule has 10 nitrogen and oxygen atoms in total.